The third kappa shape index (κ3) is 2.89. The van der Waals surface area contributed by atoms with Gasteiger partial charge in [0.25, 0.3) is 0 Å². The van der Waals surface area contributed by atoms with E-state index in [0.717, 1.165) is 17.7 Å². The zero-order valence-corrected chi connectivity index (χ0v) is 10.8. The lowest BCUT2D eigenvalue weighted by Gasteiger charge is -2.11. The molecule has 0 spiro atoms. The van der Waals surface area contributed by atoms with E-state index in [4.69, 9.17) is 0 Å². The van der Waals surface area contributed by atoms with E-state index < -0.39 is 0 Å². The van der Waals surface area contributed by atoms with E-state index in [-0.39, 0.29) is 5.82 Å². The zero-order valence-electron chi connectivity index (χ0n) is 10.8. The second-order valence-corrected chi connectivity index (χ2v) is 4.46. The Morgan fingerprint density at radius 2 is 1.83 bits per heavy atom. The van der Waals surface area contributed by atoms with E-state index in [0.29, 0.717) is 12.1 Å². The number of benzene rings is 2. The lowest BCUT2D eigenvalue weighted by molar-refractivity contribution is 0.612. The molecule has 0 heterocycles. The van der Waals surface area contributed by atoms with Crippen LogP contribution in [0.4, 0.5) is 10.1 Å². The molecular weight excluding hydrogens is 225 g/mol. The van der Waals surface area contributed by atoms with Crippen molar-refractivity contribution in [3.8, 4) is 0 Å². The van der Waals surface area contributed by atoms with Gasteiger partial charge in [0, 0.05) is 17.8 Å². The molecule has 0 amide bonds. The summed E-state index contributed by atoms with van der Waals surface area (Å²) in [7, 11) is 0. The second-order valence-electron chi connectivity index (χ2n) is 4.46. The van der Waals surface area contributed by atoms with Gasteiger partial charge in [0.05, 0.1) is 0 Å². The van der Waals surface area contributed by atoms with Gasteiger partial charge < -0.3 is 5.32 Å². The van der Waals surface area contributed by atoms with Crippen LogP contribution in [0.5, 0.6) is 0 Å². The lowest BCUT2D eigenvalue weighted by atomic mass is 10.1. The maximum absolute atomic E-state index is 13.6. The minimum absolute atomic E-state index is 0.151. The molecule has 0 saturated heterocycles. The van der Waals surface area contributed by atoms with Crippen LogP contribution in [0.15, 0.2) is 42.5 Å². The molecule has 2 aromatic rings. The molecular formula is C16H18FN. The highest BCUT2D eigenvalue weighted by atomic mass is 19.1. The summed E-state index contributed by atoms with van der Waals surface area (Å²) in [6.45, 7) is 4.61. The minimum Gasteiger partial charge on any atom is -0.381 e. The highest BCUT2D eigenvalue weighted by Crippen LogP contribution is 2.18. The van der Waals surface area contributed by atoms with Crippen molar-refractivity contribution in [2.75, 3.05) is 5.32 Å². The molecule has 0 aliphatic rings. The van der Waals surface area contributed by atoms with Crippen LogP contribution in [-0.2, 0) is 13.0 Å². The predicted molar refractivity (Wildman–Crippen MR) is 74.3 cm³/mol. The Balaban J connectivity index is 2.14. The number of hydrogen-bond donors (Lipinski definition) is 1. The van der Waals surface area contributed by atoms with Crippen molar-refractivity contribution in [1.29, 1.82) is 0 Å². The number of nitrogens with one attached hydrogen (secondary N) is 1. The van der Waals surface area contributed by atoms with Crippen molar-refractivity contribution < 1.29 is 4.39 Å². The molecule has 2 rings (SSSR count). The smallest absolute Gasteiger partial charge is 0.128 e. The third-order valence-electron chi connectivity index (χ3n) is 3.07. The Bertz CT molecular complexity index is 534. The molecule has 2 aromatic carbocycles. The summed E-state index contributed by atoms with van der Waals surface area (Å²) in [6.07, 6.45) is 0.972. The SMILES string of the molecule is CCc1ccccc1NCc1cc(C)ccc1F. The fourth-order valence-electron chi connectivity index (χ4n) is 2.03. The first-order valence-corrected chi connectivity index (χ1v) is 6.27. The van der Waals surface area contributed by atoms with E-state index in [1.807, 2.05) is 31.2 Å². The molecule has 0 unspecified atom stereocenters. The molecule has 0 atom stereocenters. The average molecular weight is 243 g/mol. The molecule has 0 bridgehead atoms. The fourth-order valence-corrected chi connectivity index (χ4v) is 2.03. The van der Waals surface area contributed by atoms with E-state index in [9.17, 15) is 4.39 Å². The van der Waals surface area contributed by atoms with Crippen molar-refractivity contribution in [3.05, 3.63) is 65.0 Å². The summed E-state index contributed by atoms with van der Waals surface area (Å²) >= 11 is 0. The summed E-state index contributed by atoms with van der Waals surface area (Å²) < 4.78 is 13.6. The summed E-state index contributed by atoms with van der Waals surface area (Å²) in [4.78, 5) is 0. The Morgan fingerprint density at radius 3 is 2.61 bits per heavy atom. The maximum atomic E-state index is 13.6. The molecule has 0 fully saturated rings. The molecule has 18 heavy (non-hydrogen) atoms. The minimum atomic E-state index is -0.151. The predicted octanol–water partition coefficient (Wildman–Crippen LogP) is 4.31. The van der Waals surface area contributed by atoms with E-state index >= 15 is 0 Å². The normalized spacial score (nSPS) is 10.4. The molecule has 2 heteroatoms. The van der Waals surface area contributed by atoms with Crippen molar-refractivity contribution in [1.82, 2.24) is 0 Å². The van der Waals surface area contributed by atoms with Crippen LogP contribution in [0.25, 0.3) is 0 Å². The molecule has 1 nitrogen and oxygen atoms in total. The van der Waals surface area contributed by atoms with Gasteiger partial charge in [-0.2, -0.15) is 0 Å². The first kappa shape index (κ1) is 12.6. The van der Waals surface area contributed by atoms with Crippen molar-refractivity contribution in [3.63, 3.8) is 0 Å². The Hall–Kier alpha value is -1.83. The molecule has 0 aliphatic heterocycles. The fraction of sp³-hybridized carbons (Fsp3) is 0.250. The Morgan fingerprint density at radius 1 is 1.06 bits per heavy atom. The van der Waals surface area contributed by atoms with Crippen molar-refractivity contribution in [2.45, 2.75) is 26.8 Å². The van der Waals surface area contributed by atoms with Gasteiger partial charge in [0.2, 0.25) is 0 Å². The number of aryl methyl sites for hydroxylation is 2. The lowest BCUT2D eigenvalue weighted by Crippen LogP contribution is -2.04. The number of halogens is 1. The monoisotopic (exact) mass is 243 g/mol. The van der Waals surface area contributed by atoms with Crippen LogP contribution in [0.2, 0.25) is 0 Å². The molecule has 94 valence electrons. The van der Waals surface area contributed by atoms with Gasteiger partial charge in [-0.3, -0.25) is 0 Å². The summed E-state index contributed by atoms with van der Waals surface area (Å²) in [5.41, 5.74) is 4.13. The van der Waals surface area contributed by atoms with Gasteiger partial charge in [-0.05, 0) is 31.0 Å². The molecule has 0 aliphatic carbocycles. The number of rotatable bonds is 4. The third-order valence-corrected chi connectivity index (χ3v) is 3.07. The Labute approximate surface area is 108 Å². The average Bonchev–Trinajstić information content (AvgIpc) is 2.40. The van der Waals surface area contributed by atoms with Gasteiger partial charge in [-0.15, -0.1) is 0 Å². The van der Waals surface area contributed by atoms with Crippen LogP contribution in [0.3, 0.4) is 0 Å². The summed E-state index contributed by atoms with van der Waals surface area (Å²) in [6, 6.07) is 13.3. The first-order valence-electron chi connectivity index (χ1n) is 6.27. The van der Waals surface area contributed by atoms with Gasteiger partial charge in [0.1, 0.15) is 5.82 Å². The highest BCUT2D eigenvalue weighted by Gasteiger charge is 2.03. The van der Waals surface area contributed by atoms with E-state index in [1.165, 1.54) is 11.6 Å². The second kappa shape index (κ2) is 5.67. The standard InChI is InChI=1S/C16H18FN/c1-3-13-6-4-5-7-16(13)18-11-14-10-12(2)8-9-15(14)17/h4-10,18H,3,11H2,1-2H3. The van der Waals surface area contributed by atoms with Gasteiger partial charge >= 0.3 is 0 Å². The van der Waals surface area contributed by atoms with Crippen molar-refractivity contribution in [2.24, 2.45) is 0 Å². The van der Waals surface area contributed by atoms with Crippen molar-refractivity contribution >= 4 is 5.69 Å². The van der Waals surface area contributed by atoms with Crippen LogP contribution < -0.4 is 5.32 Å². The largest absolute Gasteiger partial charge is 0.381 e. The number of para-hydroxylation sites is 1. The molecule has 0 saturated carbocycles. The highest BCUT2D eigenvalue weighted by molar-refractivity contribution is 5.51. The topological polar surface area (TPSA) is 12.0 Å². The molecule has 0 aromatic heterocycles. The quantitative estimate of drug-likeness (QED) is 0.843. The van der Waals surface area contributed by atoms with Gasteiger partial charge in [-0.25, -0.2) is 4.39 Å². The van der Waals surface area contributed by atoms with Gasteiger partial charge in [0.15, 0.2) is 0 Å². The number of anilines is 1. The van der Waals surface area contributed by atoms with E-state index in [2.05, 4.69) is 18.3 Å². The maximum Gasteiger partial charge on any atom is 0.128 e. The molecule has 0 radical (unpaired) electrons. The van der Waals surface area contributed by atoms with Crippen LogP contribution in [0, 0.1) is 12.7 Å². The first-order chi connectivity index (χ1) is 8.70. The van der Waals surface area contributed by atoms with Crippen LogP contribution in [-0.4, -0.2) is 0 Å². The van der Waals surface area contributed by atoms with E-state index in [1.54, 1.807) is 6.07 Å². The van der Waals surface area contributed by atoms with Crippen LogP contribution in [0.1, 0.15) is 23.6 Å². The van der Waals surface area contributed by atoms with Gasteiger partial charge in [-0.1, -0.05) is 42.8 Å². The summed E-state index contributed by atoms with van der Waals surface area (Å²) in [5.74, 6) is -0.151. The number of hydrogen-bond acceptors (Lipinski definition) is 1. The Kier molecular flexibility index (Phi) is 3.98. The zero-order chi connectivity index (χ0) is 13.0. The summed E-state index contributed by atoms with van der Waals surface area (Å²) in [5, 5.41) is 3.31. The van der Waals surface area contributed by atoms with Crippen LogP contribution >= 0.6 is 0 Å². The molecule has 1 N–H and O–H groups in total.